The van der Waals surface area contributed by atoms with Crippen LogP contribution in [-0.2, 0) is 27.0 Å². The standard InChI is InChI=1S/C30H30N4O4S/c1-29(2,3)33-39(37,38)25-11-8-23(9-12-25)30(36)26-18-24(31)10-13-27(26)34(28(30)35)19-20-4-6-21(7-5-20)22-14-16-32-17-15-22/h4-18,33,36H,19,31H2,1-3H3. The summed E-state index contributed by atoms with van der Waals surface area (Å²) in [6, 6.07) is 22.4. The third-order valence-electron chi connectivity index (χ3n) is 6.59. The molecule has 0 fully saturated rings. The van der Waals surface area contributed by atoms with Crippen molar-refractivity contribution in [3.05, 3.63) is 108 Å². The van der Waals surface area contributed by atoms with Gasteiger partial charge in [-0.05, 0) is 85.5 Å². The van der Waals surface area contributed by atoms with E-state index >= 15 is 0 Å². The molecular weight excluding hydrogens is 512 g/mol. The number of amides is 1. The lowest BCUT2D eigenvalue weighted by molar-refractivity contribution is -0.132. The van der Waals surface area contributed by atoms with Gasteiger partial charge in [0.15, 0.2) is 5.60 Å². The minimum absolute atomic E-state index is 0.0363. The fourth-order valence-corrected chi connectivity index (χ4v) is 6.22. The molecule has 0 saturated heterocycles. The number of fused-ring (bicyclic) bond motifs is 1. The third kappa shape index (κ3) is 5.04. The molecule has 200 valence electrons. The summed E-state index contributed by atoms with van der Waals surface area (Å²) in [5.41, 5.74) is 7.85. The van der Waals surface area contributed by atoms with E-state index in [9.17, 15) is 18.3 Å². The van der Waals surface area contributed by atoms with Crippen molar-refractivity contribution in [3.63, 3.8) is 0 Å². The molecule has 9 heteroatoms. The molecule has 0 spiro atoms. The number of aromatic nitrogens is 1. The molecule has 4 aromatic rings. The Morgan fingerprint density at radius 2 is 1.54 bits per heavy atom. The number of nitrogens with zero attached hydrogens (tertiary/aromatic N) is 2. The van der Waals surface area contributed by atoms with Gasteiger partial charge in [0.2, 0.25) is 10.0 Å². The fourth-order valence-electron chi connectivity index (χ4n) is 4.80. The molecule has 1 aliphatic rings. The second-order valence-electron chi connectivity index (χ2n) is 10.7. The van der Waals surface area contributed by atoms with Crippen molar-refractivity contribution in [2.45, 2.75) is 43.4 Å². The molecule has 1 atom stereocenters. The summed E-state index contributed by atoms with van der Waals surface area (Å²) in [5, 5.41) is 11.9. The highest BCUT2D eigenvalue weighted by molar-refractivity contribution is 7.89. The largest absolute Gasteiger partial charge is 0.399 e. The Kier molecular flexibility index (Phi) is 6.54. The van der Waals surface area contributed by atoms with Gasteiger partial charge in [0.05, 0.1) is 17.1 Å². The van der Waals surface area contributed by atoms with Crippen LogP contribution in [0.3, 0.4) is 0 Å². The molecule has 1 amide bonds. The SMILES string of the molecule is CC(C)(C)NS(=O)(=O)c1ccc(C2(O)C(=O)N(Cc3ccc(-c4ccncc4)cc3)c3ccc(N)cc32)cc1. The second kappa shape index (κ2) is 9.60. The Morgan fingerprint density at radius 1 is 0.923 bits per heavy atom. The number of benzene rings is 3. The van der Waals surface area contributed by atoms with Gasteiger partial charge in [-0.25, -0.2) is 13.1 Å². The van der Waals surface area contributed by atoms with Crippen LogP contribution in [0.1, 0.15) is 37.5 Å². The van der Waals surface area contributed by atoms with Crippen molar-refractivity contribution in [2.24, 2.45) is 0 Å². The van der Waals surface area contributed by atoms with Crippen LogP contribution in [0.4, 0.5) is 11.4 Å². The van der Waals surface area contributed by atoms with E-state index in [1.165, 1.54) is 29.2 Å². The number of nitrogens with two attached hydrogens (primary N) is 1. The van der Waals surface area contributed by atoms with Crippen molar-refractivity contribution in [2.75, 3.05) is 10.6 Å². The molecular formula is C30H30N4O4S. The first-order chi connectivity index (χ1) is 18.4. The monoisotopic (exact) mass is 542 g/mol. The summed E-state index contributed by atoms with van der Waals surface area (Å²) in [4.78, 5) is 19.5. The van der Waals surface area contributed by atoms with Gasteiger partial charge < -0.3 is 15.7 Å². The van der Waals surface area contributed by atoms with Gasteiger partial charge in [0.25, 0.3) is 5.91 Å². The van der Waals surface area contributed by atoms with E-state index in [1.807, 2.05) is 36.4 Å². The van der Waals surface area contributed by atoms with E-state index < -0.39 is 27.1 Å². The average Bonchev–Trinajstić information content (AvgIpc) is 3.10. The van der Waals surface area contributed by atoms with Crippen LogP contribution >= 0.6 is 0 Å². The quantitative estimate of drug-likeness (QED) is 0.314. The van der Waals surface area contributed by atoms with Crippen LogP contribution in [0.15, 0.2) is 96.2 Å². The lowest BCUT2D eigenvalue weighted by Gasteiger charge is -2.25. The zero-order valence-corrected chi connectivity index (χ0v) is 22.7. The molecule has 0 aliphatic carbocycles. The number of carbonyl (C=O) groups is 1. The number of anilines is 2. The van der Waals surface area contributed by atoms with Gasteiger partial charge in [0, 0.05) is 29.2 Å². The van der Waals surface area contributed by atoms with E-state index in [1.54, 1.807) is 51.4 Å². The van der Waals surface area contributed by atoms with E-state index in [-0.39, 0.29) is 17.0 Å². The number of rotatable bonds is 6. The Morgan fingerprint density at radius 3 is 2.15 bits per heavy atom. The van der Waals surface area contributed by atoms with Gasteiger partial charge in [-0.15, -0.1) is 0 Å². The molecule has 0 bridgehead atoms. The second-order valence-corrected chi connectivity index (χ2v) is 12.4. The maximum Gasteiger partial charge on any atom is 0.268 e. The number of nitrogen functional groups attached to an aromatic ring is 1. The smallest absolute Gasteiger partial charge is 0.268 e. The summed E-state index contributed by atoms with van der Waals surface area (Å²) in [6.07, 6.45) is 3.47. The molecule has 3 aromatic carbocycles. The normalized spacial score (nSPS) is 17.3. The Hall–Kier alpha value is -4.05. The van der Waals surface area contributed by atoms with Gasteiger partial charge in [-0.2, -0.15) is 0 Å². The van der Waals surface area contributed by atoms with Crippen LogP contribution in [0, 0.1) is 0 Å². The predicted octanol–water partition coefficient (Wildman–Crippen LogP) is 4.19. The van der Waals surface area contributed by atoms with Crippen LogP contribution in [-0.4, -0.2) is 30.0 Å². The molecule has 1 aromatic heterocycles. The molecule has 4 N–H and O–H groups in total. The first-order valence-corrected chi connectivity index (χ1v) is 13.9. The van der Waals surface area contributed by atoms with Crippen molar-refractivity contribution >= 4 is 27.3 Å². The van der Waals surface area contributed by atoms with Gasteiger partial charge >= 0.3 is 0 Å². The van der Waals surface area contributed by atoms with Crippen molar-refractivity contribution < 1.29 is 18.3 Å². The average molecular weight is 543 g/mol. The topological polar surface area (TPSA) is 126 Å². The first-order valence-electron chi connectivity index (χ1n) is 12.5. The number of pyridine rings is 1. The highest BCUT2D eigenvalue weighted by Crippen LogP contribution is 2.46. The van der Waals surface area contributed by atoms with Crippen molar-refractivity contribution in [1.29, 1.82) is 0 Å². The predicted molar refractivity (Wildman–Crippen MR) is 151 cm³/mol. The Balaban J connectivity index is 1.48. The molecule has 8 nitrogen and oxygen atoms in total. The number of aliphatic hydroxyl groups is 1. The minimum Gasteiger partial charge on any atom is -0.399 e. The number of hydrogen-bond donors (Lipinski definition) is 3. The van der Waals surface area contributed by atoms with Crippen molar-refractivity contribution in [3.8, 4) is 11.1 Å². The van der Waals surface area contributed by atoms with E-state index in [0.717, 1.165) is 16.7 Å². The number of hydrogen-bond acceptors (Lipinski definition) is 6. The maximum absolute atomic E-state index is 13.9. The lowest BCUT2D eigenvalue weighted by Crippen LogP contribution is -2.41. The van der Waals surface area contributed by atoms with Crippen LogP contribution in [0.5, 0.6) is 0 Å². The summed E-state index contributed by atoms with van der Waals surface area (Å²) in [6.45, 7) is 5.49. The van der Waals surface area contributed by atoms with Gasteiger partial charge in [-0.3, -0.25) is 9.78 Å². The summed E-state index contributed by atoms with van der Waals surface area (Å²) in [5.74, 6) is -0.537. The molecule has 5 rings (SSSR count). The molecule has 1 aliphatic heterocycles. The van der Waals surface area contributed by atoms with Crippen LogP contribution in [0.25, 0.3) is 11.1 Å². The Bertz CT molecular complexity index is 1630. The first kappa shape index (κ1) is 26.6. The van der Waals surface area contributed by atoms with Crippen LogP contribution in [0.2, 0.25) is 0 Å². The number of sulfonamides is 1. The maximum atomic E-state index is 13.9. The summed E-state index contributed by atoms with van der Waals surface area (Å²) in [7, 11) is -3.78. The molecule has 1 unspecified atom stereocenters. The molecule has 39 heavy (non-hydrogen) atoms. The van der Waals surface area contributed by atoms with Gasteiger partial charge in [0.1, 0.15) is 0 Å². The van der Waals surface area contributed by atoms with Crippen LogP contribution < -0.4 is 15.4 Å². The Labute approximate surface area is 228 Å². The molecule has 2 heterocycles. The molecule has 0 radical (unpaired) electrons. The number of nitrogens with one attached hydrogen (secondary N) is 1. The minimum atomic E-state index is -3.78. The molecule has 0 saturated carbocycles. The fraction of sp³-hybridized carbons (Fsp3) is 0.200. The van der Waals surface area contributed by atoms with E-state index in [0.29, 0.717) is 16.9 Å². The lowest BCUT2D eigenvalue weighted by atomic mass is 9.87. The zero-order chi connectivity index (χ0) is 28.0. The van der Waals surface area contributed by atoms with E-state index in [4.69, 9.17) is 5.73 Å². The highest BCUT2D eigenvalue weighted by atomic mass is 32.2. The van der Waals surface area contributed by atoms with E-state index in [2.05, 4.69) is 9.71 Å². The highest BCUT2D eigenvalue weighted by Gasteiger charge is 2.51. The summed E-state index contributed by atoms with van der Waals surface area (Å²) < 4.78 is 28.1. The van der Waals surface area contributed by atoms with Crippen molar-refractivity contribution in [1.82, 2.24) is 9.71 Å². The van der Waals surface area contributed by atoms with Gasteiger partial charge in [-0.1, -0.05) is 36.4 Å². The zero-order valence-electron chi connectivity index (χ0n) is 21.9. The third-order valence-corrected chi connectivity index (χ3v) is 8.36. The number of carbonyl (C=O) groups excluding carboxylic acids is 1. The summed E-state index contributed by atoms with van der Waals surface area (Å²) >= 11 is 0.